The van der Waals surface area contributed by atoms with Crippen molar-refractivity contribution < 1.29 is 29.0 Å². The third-order valence-corrected chi connectivity index (χ3v) is 11.6. The van der Waals surface area contributed by atoms with Crippen molar-refractivity contribution in [2.24, 2.45) is 11.8 Å². The van der Waals surface area contributed by atoms with E-state index in [0.717, 1.165) is 58.7 Å². The smallest absolute Gasteiger partial charge is 0.407 e. The van der Waals surface area contributed by atoms with Gasteiger partial charge >= 0.3 is 12.2 Å². The van der Waals surface area contributed by atoms with Gasteiger partial charge in [-0.25, -0.2) is 24.5 Å². The number of aromatic nitrogens is 5. The van der Waals surface area contributed by atoms with E-state index in [1.165, 1.54) is 14.2 Å². The van der Waals surface area contributed by atoms with Crippen molar-refractivity contribution >= 4 is 34.9 Å². The number of alkyl carbamates (subject to hydrolysis) is 1. The average Bonchev–Trinajstić information content (AvgIpc) is 4.09. The molecule has 4 amide bonds. The van der Waals surface area contributed by atoms with Crippen LogP contribution in [0, 0.1) is 23.2 Å². The molecule has 0 bridgehead atoms. The van der Waals surface area contributed by atoms with Crippen LogP contribution in [0.1, 0.15) is 82.7 Å². The van der Waals surface area contributed by atoms with E-state index in [4.69, 9.17) is 9.72 Å². The second kappa shape index (κ2) is 17.2. The second-order valence-corrected chi connectivity index (χ2v) is 16.2. The summed E-state index contributed by atoms with van der Waals surface area (Å²) in [5.41, 5.74) is 5.81. The number of fused-ring (bicyclic) bond motifs is 1. The summed E-state index contributed by atoms with van der Waals surface area (Å²) in [7, 11) is 2.71. The summed E-state index contributed by atoms with van der Waals surface area (Å²) in [6.07, 6.45) is 4.72. The molecular formula is C44H50N10O6. The molecule has 3 aromatic heterocycles. The molecule has 5 aromatic rings. The molecule has 16 heteroatoms. The van der Waals surface area contributed by atoms with Crippen molar-refractivity contribution in [3.63, 3.8) is 0 Å². The van der Waals surface area contributed by atoms with Crippen LogP contribution in [-0.4, -0.2) is 108 Å². The highest BCUT2D eigenvalue weighted by atomic mass is 16.5. The minimum Gasteiger partial charge on any atom is -0.465 e. The van der Waals surface area contributed by atoms with Crippen molar-refractivity contribution in [2.75, 3.05) is 27.2 Å². The van der Waals surface area contributed by atoms with Gasteiger partial charge in [0.05, 0.1) is 65.8 Å². The maximum Gasteiger partial charge on any atom is 0.407 e. The number of carbonyl (C=O) groups is 4. The van der Waals surface area contributed by atoms with Crippen LogP contribution in [0.3, 0.4) is 0 Å². The fourth-order valence-corrected chi connectivity index (χ4v) is 8.45. The van der Waals surface area contributed by atoms with Gasteiger partial charge in [0.15, 0.2) is 0 Å². The minimum atomic E-state index is -1.14. The van der Waals surface area contributed by atoms with Crippen LogP contribution >= 0.6 is 0 Å². The number of benzene rings is 2. The second-order valence-electron chi connectivity index (χ2n) is 16.2. The summed E-state index contributed by atoms with van der Waals surface area (Å²) in [5, 5.41) is 23.2. The summed E-state index contributed by atoms with van der Waals surface area (Å²) in [6, 6.07) is 15.6. The lowest BCUT2D eigenvalue weighted by molar-refractivity contribution is -0.138. The quantitative estimate of drug-likeness (QED) is 0.108. The Bertz CT molecular complexity index is 2450. The number of nitriles is 1. The Balaban J connectivity index is 1.07. The van der Waals surface area contributed by atoms with Gasteiger partial charge in [-0.1, -0.05) is 58.0 Å². The Labute approximate surface area is 348 Å². The summed E-state index contributed by atoms with van der Waals surface area (Å²) >= 11 is 0. The number of likely N-dealkylation sites (N-methyl/N-ethyl adjacent to an activating group) is 1. The Morgan fingerprint density at radius 1 is 0.850 bits per heavy atom. The summed E-state index contributed by atoms with van der Waals surface area (Å²) in [5.74, 6) is 0.561. The lowest BCUT2D eigenvalue weighted by Gasteiger charge is -2.33. The average molecular weight is 815 g/mol. The van der Waals surface area contributed by atoms with Gasteiger partial charge in [0.25, 0.3) is 0 Å². The molecule has 0 aliphatic carbocycles. The van der Waals surface area contributed by atoms with Crippen molar-refractivity contribution in [3.8, 4) is 39.8 Å². The molecule has 2 aliphatic rings. The molecule has 2 saturated heterocycles. The monoisotopic (exact) mass is 814 g/mol. The molecule has 0 radical (unpaired) electrons. The van der Waals surface area contributed by atoms with Crippen molar-refractivity contribution in [1.29, 1.82) is 5.26 Å². The van der Waals surface area contributed by atoms with E-state index < -0.39 is 24.3 Å². The number of pyridine rings is 1. The number of carbonyl (C=O) groups excluding carboxylic acids is 3. The summed E-state index contributed by atoms with van der Waals surface area (Å²) in [4.78, 5) is 76.6. The number of amides is 4. The van der Waals surface area contributed by atoms with E-state index >= 15 is 0 Å². The first kappa shape index (κ1) is 41.4. The van der Waals surface area contributed by atoms with E-state index in [-0.39, 0.29) is 35.7 Å². The zero-order chi connectivity index (χ0) is 42.8. The van der Waals surface area contributed by atoms with Gasteiger partial charge in [-0.15, -0.1) is 0 Å². The first-order valence-electron chi connectivity index (χ1n) is 20.3. The van der Waals surface area contributed by atoms with Crippen LogP contribution in [0.15, 0.2) is 60.9 Å². The van der Waals surface area contributed by atoms with E-state index in [1.807, 2.05) is 70.2 Å². The zero-order valence-electron chi connectivity index (χ0n) is 34.6. The van der Waals surface area contributed by atoms with Crippen LogP contribution in [0.4, 0.5) is 9.59 Å². The first-order chi connectivity index (χ1) is 28.8. The first-order valence-corrected chi connectivity index (χ1v) is 20.3. The molecule has 312 valence electrons. The minimum absolute atomic E-state index is 0.142. The Morgan fingerprint density at radius 2 is 1.42 bits per heavy atom. The van der Waals surface area contributed by atoms with Gasteiger partial charge < -0.3 is 34.9 Å². The number of nitrogens with zero attached hydrogens (tertiary/aromatic N) is 7. The number of carboxylic acid groups (broad SMARTS) is 1. The standard InChI is InChI=1S/C44H50N10O6/c1-24(2)37(51-43(57)60-6)41(55)53-17-7-9-35(53)39-47-23-34(50-39)28-15-16-31-30(19-28)29(21-45)20-32(48-31)26-11-13-27(14-12-26)33-22-46-40(49-33)36-10-8-18-54(36)42(56)38(25(3)4)52(5)44(58)59/h11-16,19-20,22-25,35-38H,7-10,17-18H2,1-6H3,(H,46,49)(H,47,50)(H,51,57)(H,58,59)/t35-,36-,37-,38-/m0/s1. The number of ether oxygens (including phenoxy) is 1. The number of aromatic amines is 2. The number of hydrogen-bond acceptors (Lipinski definition) is 9. The SMILES string of the molecule is COC(=O)N[C@H](C(=O)N1CCC[C@H]1c1ncc(-c2ccc3nc(-c4ccc(-c5cnc([C@@H]6CCCN6C(=O)[C@H](C(C)C)N(C)C(=O)O)[nH]5)cc4)cc(C#N)c3c2)[nH]1)C(C)C. The number of likely N-dealkylation sites (tertiary alicyclic amines) is 2. The number of rotatable bonds is 11. The third-order valence-electron chi connectivity index (χ3n) is 11.6. The van der Waals surface area contributed by atoms with Gasteiger partial charge in [0.1, 0.15) is 23.7 Å². The molecule has 4 atom stereocenters. The fraction of sp³-hybridized carbons (Fsp3) is 0.409. The molecule has 2 fully saturated rings. The van der Waals surface area contributed by atoms with Gasteiger partial charge in [-0.3, -0.25) is 14.5 Å². The molecular weight excluding hydrogens is 765 g/mol. The van der Waals surface area contributed by atoms with Crippen LogP contribution < -0.4 is 5.32 Å². The van der Waals surface area contributed by atoms with E-state index in [0.29, 0.717) is 46.9 Å². The van der Waals surface area contributed by atoms with Crippen LogP contribution in [-0.2, 0) is 14.3 Å². The highest BCUT2D eigenvalue weighted by Gasteiger charge is 2.40. The van der Waals surface area contributed by atoms with Gasteiger partial charge in [0.2, 0.25) is 11.8 Å². The predicted molar refractivity (Wildman–Crippen MR) is 223 cm³/mol. The molecule has 0 spiro atoms. The predicted octanol–water partition coefficient (Wildman–Crippen LogP) is 6.90. The molecule has 7 rings (SSSR count). The zero-order valence-corrected chi connectivity index (χ0v) is 34.6. The van der Waals surface area contributed by atoms with Crippen molar-refractivity contribution in [3.05, 3.63) is 78.1 Å². The molecule has 5 heterocycles. The fourth-order valence-electron chi connectivity index (χ4n) is 8.45. The highest BCUT2D eigenvalue weighted by molar-refractivity contribution is 5.91. The van der Waals surface area contributed by atoms with Gasteiger partial charge in [-0.2, -0.15) is 5.26 Å². The van der Waals surface area contributed by atoms with E-state index in [9.17, 15) is 29.5 Å². The van der Waals surface area contributed by atoms with E-state index in [1.54, 1.807) is 28.3 Å². The van der Waals surface area contributed by atoms with Crippen LogP contribution in [0.5, 0.6) is 0 Å². The van der Waals surface area contributed by atoms with Crippen LogP contribution in [0.2, 0.25) is 0 Å². The lowest BCUT2D eigenvalue weighted by atomic mass is 10.0. The highest BCUT2D eigenvalue weighted by Crippen LogP contribution is 2.36. The van der Waals surface area contributed by atoms with Crippen LogP contribution in [0.25, 0.3) is 44.7 Å². The number of H-pyrrole nitrogens is 2. The lowest BCUT2D eigenvalue weighted by Crippen LogP contribution is -2.51. The number of methoxy groups -OCH3 is 1. The Kier molecular flexibility index (Phi) is 11.9. The number of imidazole rings is 2. The Morgan fingerprint density at radius 3 is 1.97 bits per heavy atom. The maximum atomic E-state index is 13.6. The number of hydrogen-bond donors (Lipinski definition) is 4. The maximum absolute atomic E-state index is 13.6. The molecule has 0 unspecified atom stereocenters. The van der Waals surface area contributed by atoms with Gasteiger partial charge in [-0.05, 0) is 61.3 Å². The van der Waals surface area contributed by atoms with E-state index in [2.05, 4.69) is 31.3 Å². The normalized spacial score (nSPS) is 17.5. The molecule has 2 aliphatic heterocycles. The summed E-state index contributed by atoms with van der Waals surface area (Å²) < 4.78 is 4.76. The summed E-state index contributed by atoms with van der Waals surface area (Å²) in [6.45, 7) is 8.53. The van der Waals surface area contributed by atoms with Gasteiger partial charge in [0, 0.05) is 36.7 Å². The van der Waals surface area contributed by atoms with Crippen molar-refractivity contribution in [2.45, 2.75) is 77.5 Å². The third kappa shape index (κ3) is 8.12. The Hall–Kier alpha value is -6.76. The molecule has 0 saturated carbocycles. The molecule has 4 N–H and O–H groups in total. The van der Waals surface area contributed by atoms with Crippen molar-refractivity contribution in [1.82, 2.24) is 44.9 Å². The largest absolute Gasteiger partial charge is 0.465 e. The molecule has 2 aromatic carbocycles. The topological polar surface area (TPSA) is 214 Å². The molecule has 60 heavy (non-hydrogen) atoms. The molecule has 16 nitrogen and oxygen atoms in total. The number of nitrogens with one attached hydrogen (secondary N) is 3.